The Morgan fingerprint density at radius 3 is 0.885 bits per heavy atom. The van der Waals surface area contributed by atoms with Gasteiger partial charge in [-0.15, -0.1) is 0 Å². The largest absolute Gasteiger partial charge is 0.507 e. The van der Waals surface area contributed by atoms with Crippen LogP contribution in [0.15, 0.2) is 228 Å². The number of para-hydroxylation sites is 2. The third-order valence-corrected chi connectivity index (χ3v) is 10.7. The van der Waals surface area contributed by atoms with Crippen molar-refractivity contribution in [3.05, 3.63) is 230 Å². The molecule has 0 aromatic heterocycles. The van der Waals surface area contributed by atoms with Crippen LogP contribution < -0.4 is 0 Å². The minimum Gasteiger partial charge on any atom is -0.507 e. The summed E-state index contributed by atoms with van der Waals surface area (Å²) in [6, 6.07) is 73.0. The number of hydrogen-bond acceptors (Lipinski definition) is 4. The van der Waals surface area contributed by atoms with E-state index < -0.39 is 0 Å². The first-order valence-corrected chi connectivity index (χ1v) is 19.9. The Hall–Kier alpha value is -7.39. The maximum Gasteiger partial charge on any atom is 0.124 e. The van der Waals surface area contributed by atoms with Crippen molar-refractivity contribution in [2.24, 2.45) is 9.98 Å². The molecule has 2 N–H and O–H groups in total. The number of rotatable bonds is 10. The molecule has 5 heteroatoms. The van der Waals surface area contributed by atoms with Crippen LogP contribution in [0.5, 0.6) is 11.5 Å². The molecule has 0 heterocycles. The first-order valence-electron chi connectivity index (χ1n) is 19.9. The van der Waals surface area contributed by atoms with E-state index in [4.69, 9.17) is 9.98 Å². The molecule has 0 unspecified atom stereocenters. The van der Waals surface area contributed by atoms with Gasteiger partial charge in [0, 0.05) is 44.6 Å². The molecule has 0 aliphatic rings. The summed E-state index contributed by atoms with van der Waals surface area (Å²) in [6.07, 6.45) is 3.32. The second-order valence-corrected chi connectivity index (χ2v) is 14.5. The minimum atomic E-state index is 0. The molecule has 4 nitrogen and oxygen atoms in total. The summed E-state index contributed by atoms with van der Waals surface area (Å²) >= 11 is 0. The number of aliphatic imine (C=N–C) groups is 2. The minimum absolute atomic E-state index is 0. The number of nitrogens with zero attached hydrogens (tertiary/aromatic N) is 2. The zero-order valence-electron chi connectivity index (χ0n) is 33.0. The summed E-state index contributed by atoms with van der Waals surface area (Å²) < 4.78 is 0. The molecule has 0 radical (unpaired) electrons. The van der Waals surface area contributed by atoms with Crippen molar-refractivity contribution in [1.29, 1.82) is 0 Å². The Morgan fingerprint density at radius 1 is 0.295 bits per heavy atom. The van der Waals surface area contributed by atoms with Crippen molar-refractivity contribution in [3.63, 3.8) is 0 Å². The zero-order chi connectivity index (χ0) is 40.7. The summed E-state index contributed by atoms with van der Waals surface area (Å²) in [4.78, 5) is 9.55. The van der Waals surface area contributed by atoms with E-state index in [-0.39, 0.29) is 32.6 Å². The molecule has 296 valence electrons. The van der Waals surface area contributed by atoms with Crippen molar-refractivity contribution in [2.45, 2.75) is 0 Å². The van der Waals surface area contributed by atoms with Gasteiger partial charge >= 0.3 is 0 Å². The normalized spacial score (nSPS) is 11.1. The monoisotopic (exact) mass is 967 g/mol. The molecule has 0 saturated heterocycles. The molecule has 9 aromatic rings. The zero-order valence-corrected chi connectivity index (χ0v) is 35.3. The molecule has 0 spiro atoms. The van der Waals surface area contributed by atoms with E-state index in [0.717, 1.165) is 66.8 Å². The Labute approximate surface area is 370 Å². The van der Waals surface area contributed by atoms with E-state index in [1.165, 1.54) is 0 Å². The van der Waals surface area contributed by atoms with E-state index in [9.17, 15) is 10.2 Å². The van der Waals surface area contributed by atoms with Crippen LogP contribution in [0.1, 0.15) is 11.1 Å². The van der Waals surface area contributed by atoms with Gasteiger partial charge in [0.1, 0.15) is 11.5 Å². The van der Waals surface area contributed by atoms with Crippen LogP contribution in [-0.2, 0) is 21.1 Å². The molecule has 9 aromatic carbocycles. The van der Waals surface area contributed by atoms with E-state index in [2.05, 4.69) is 84.9 Å². The third-order valence-electron chi connectivity index (χ3n) is 10.7. The van der Waals surface area contributed by atoms with E-state index in [0.29, 0.717) is 22.5 Å². The molecule has 0 saturated carbocycles. The van der Waals surface area contributed by atoms with Crippen molar-refractivity contribution < 1.29 is 31.3 Å². The molecular formula is C56H40N2O2Pt. The van der Waals surface area contributed by atoms with Gasteiger partial charge in [0.25, 0.3) is 0 Å². The molecule has 0 bridgehead atoms. The second-order valence-electron chi connectivity index (χ2n) is 14.5. The summed E-state index contributed by atoms with van der Waals surface area (Å²) in [5.41, 5.74) is 15.0. The van der Waals surface area contributed by atoms with Crippen LogP contribution in [0.3, 0.4) is 0 Å². The van der Waals surface area contributed by atoms with E-state index in [1.807, 2.05) is 133 Å². The Balaban J connectivity index is 0.00000514. The van der Waals surface area contributed by atoms with Crippen LogP contribution in [0.4, 0.5) is 11.4 Å². The van der Waals surface area contributed by atoms with Crippen molar-refractivity contribution in [1.82, 2.24) is 0 Å². The first-order chi connectivity index (χ1) is 29.6. The Bertz CT molecular complexity index is 2660. The average molecular weight is 968 g/mol. The van der Waals surface area contributed by atoms with Gasteiger partial charge in [0.05, 0.1) is 11.4 Å². The molecular weight excluding hydrogens is 928 g/mol. The first kappa shape index (κ1) is 40.4. The van der Waals surface area contributed by atoms with Gasteiger partial charge < -0.3 is 10.2 Å². The third kappa shape index (κ3) is 8.82. The SMILES string of the molecule is Oc1cc(-c2c(-c3ccccc3)cccc2-c2ccccc2)ccc1C=Nc1ccccc1N=Cc1ccc(-c2c(-c3ccccc3)cccc2-c2ccccc2)cc1O.[Pt]. The van der Waals surface area contributed by atoms with Crippen LogP contribution >= 0.6 is 0 Å². The van der Waals surface area contributed by atoms with Gasteiger partial charge in [0.15, 0.2) is 0 Å². The van der Waals surface area contributed by atoms with Crippen LogP contribution in [-0.4, -0.2) is 22.6 Å². The number of benzene rings is 9. The molecule has 9 rings (SSSR count). The van der Waals surface area contributed by atoms with Crippen LogP contribution in [0.2, 0.25) is 0 Å². The molecule has 0 aliphatic heterocycles. The number of phenolic OH excluding ortho intramolecular Hbond substituents is 2. The summed E-state index contributed by atoms with van der Waals surface area (Å²) in [7, 11) is 0. The smallest absolute Gasteiger partial charge is 0.124 e. The van der Waals surface area contributed by atoms with E-state index in [1.54, 1.807) is 12.4 Å². The average Bonchev–Trinajstić information content (AvgIpc) is 3.31. The predicted octanol–water partition coefficient (Wildman–Crippen LogP) is 14.6. The van der Waals surface area contributed by atoms with Gasteiger partial charge in [-0.25, -0.2) is 0 Å². The maximum atomic E-state index is 11.4. The van der Waals surface area contributed by atoms with Gasteiger partial charge in [-0.2, -0.15) is 0 Å². The Kier molecular flexibility index (Phi) is 12.4. The molecule has 0 amide bonds. The van der Waals surface area contributed by atoms with Crippen molar-refractivity contribution in [3.8, 4) is 78.3 Å². The standard InChI is InChI=1S/C56H40N2O2.Pt/c59-53-35-43(55-47(39-17-5-1-6-18-39)25-15-26-48(55)40-19-7-2-8-20-40)31-33-45(53)37-57-51-29-13-14-30-52(51)58-38-46-34-32-44(36-54(46)60)56-49(41-21-9-3-10-22-41)27-16-28-50(56)42-23-11-4-12-24-42;/h1-38,59-60H;. The molecule has 0 atom stereocenters. The van der Waals surface area contributed by atoms with Crippen LogP contribution in [0, 0.1) is 0 Å². The fourth-order valence-electron chi connectivity index (χ4n) is 7.74. The quantitative estimate of drug-likeness (QED) is 0.134. The van der Waals surface area contributed by atoms with Gasteiger partial charge in [-0.05, 0) is 103 Å². The van der Waals surface area contributed by atoms with Gasteiger partial charge in [-0.3, -0.25) is 9.98 Å². The van der Waals surface area contributed by atoms with Gasteiger partial charge in [-0.1, -0.05) is 182 Å². The van der Waals surface area contributed by atoms with Crippen molar-refractivity contribution >= 4 is 23.8 Å². The molecule has 61 heavy (non-hydrogen) atoms. The number of hydrogen-bond donors (Lipinski definition) is 2. The number of phenols is 2. The van der Waals surface area contributed by atoms with Gasteiger partial charge in [0.2, 0.25) is 0 Å². The summed E-state index contributed by atoms with van der Waals surface area (Å²) in [6.45, 7) is 0. The number of aromatic hydroxyl groups is 2. The molecule has 0 fully saturated rings. The second kappa shape index (κ2) is 18.7. The molecule has 0 aliphatic carbocycles. The maximum absolute atomic E-state index is 11.4. The van der Waals surface area contributed by atoms with Crippen LogP contribution in [0.25, 0.3) is 66.8 Å². The van der Waals surface area contributed by atoms with E-state index >= 15 is 0 Å². The fraction of sp³-hybridized carbons (Fsp3) is 0. The fourth-order valence-corrected chi connectivity index (χ4v) is 7.74. The topological polar surface area (TPSA) is 65.2 Å². The Morgan fingerprint density at radius 2 is 0.590 bits per heavy atom. The summed E-state index contributed by atoms with van der Waals surface area (Å²) in [5, 5.41) is 22.9. The summed E-state index contributed by atoms with van der Waals surface area (Å²) in [5.74, 6) is 0.238. The van der Waals surface area contributed by atoms with Crippen molar-refractivity contribution in [2.75, 3.05) is 0 Å². The predicted molar refractivity (Wildman–Crippen MR) is 250 cm³/mol.